The van der Waals surface area contributed by atoms with Crippen LogP contribution < -0.4 is 5.73 Å². The van der Waals surface area contributed by atoms with Crippen molar-refractivity contribution in [3.63, 3.8) is 0 Å². The van der Waals surface area contributed by atoms with Crippen molar-refractivity contribution in [2.24, 2.45) is 5.73 Å². The molecule has 0 aromatic carbocycles. The van der Waals surface area contributed by atoms with Gasteiger partial charge in [0.2, 0.25) is 5.91 Å². The van der Waals surface area contributed by atoms with E-state index in [1.165, 1.54) is 0 Å². The Hall–Kier alpha value is -0.700. The molecule has 3 N–H and O–H groups in total. The van der Waals surface area contributed by atoms with E-state index in [1.54, 1.807) is 0 Å². The molecule has 8 heteroatoms. The van der Waals surface area contributed by atoms with Gasteiger partial charge in [0.05, 0.1) is 18.1 Å². The Balaban J connectivity index is 1.67. The van der Waals surface area contributed by atoms with E-state index in [4.69, 9.17) is 5.73 Å². The first-order valence-electron chi connectivity index (χ1n) is 9.00. The number of piperidine rings is 1. The number of nitrogens with zero attached hydrogens (tertiary/aromatic N) is 2. The van der Waals surface area contributed by atoms with Crippen LogP contribution in [0.5, 0.6) is 0 Å². The number of carbonyl (C=O) groups is 1. The zero-order chi connectivity index (χ0) is 17.4. The second-order valence-corrected chi connectivity index (χ2v) is 9.72. The topological polar surface area (TPSA) is 104 Å². The minimum Gasteiger partial charge on any atom is -0.395 e. The lowest BCUT2D eigenvalue weighted by Gasteiger charge is -2.44. The first-order chi connectivity index (χ1) is 11.4. The Labute approximate surface area is 144 Å². The average molecular weight is 359 g/mol. The summed E-state index contributed by atoms with van der Waals surface area (Å²) in [5, 5.41) is 9.34. The number of primary amides is 1. The van der Waals surface area contributed by atoms with Gasteiger partial charge in [0.15, 0.2) is 9.84 Å². The highest BCUT2D eigenvalue weighted by molar-refractivity contribution is 7.91. The van der Waals surface area contributed by atoms with E-state index in [-0.39, 0.29) is 30.1 Å². The van der Waals surface area contributed by atoms with Crippen molar-refractivity contribution in [3.05, 3.63) is 0 Å². The zero-order valence-electron chi connectivity index (χ0n) is 14.2. The second-order valence-electron chi connectivity index (χ2n) is 7.49. The molecule has 0 radical (unpaired) electrons. The van der Waals surface area contributed by atoms with Gasteiger partial charge in [-0.3, -0.25) is 14.6 Å². The van der Waals surface area contributed by atoms with Gasteiger partial charge in [-0.25, -0.2) is 8.42 Å². The number of rotatable bonds is 7. The van der Waals surface area contributed by atoms with Crippen molar-refractivity contribution in [1.82, 2.24) is 9.80 Å². The van der Waals surface area contributed by atoms with Crippen LogP contribution in [-0.4, -0.2) is 84.6 Å². The van der Waals surface area contributed by atoms with Crippen molar-refractivity contribution >= 4 is 15.7 Å². The lowest BCUT2D eigenvalue weighted by molar-refractivity contribution is -0.131. The van der Waals surface area contributed by atoms with Crippen LogP contribution in [0.3, 0.4) is 0 Å². The number of carbonyl (C=O) groups excluding carboxylic acids is 1. The molecule has 3 rings (SSSR count). The molecule has 7 nitrogen and oxygen atoms in total. The summed E-state index contributed by atoms with van der Waals surface area (Å²) in [5.74, 6) is 0.191. The van der Waals surface area contributed by atoms with Crippen LogP contribution in [0.15, 0.2) is 0 Å². The number of hydrogen-bond donors (Lipinski definition) is 2. The van der Waals surface area contributed by atoms with Crippen LogP contribution in [0.1, 0.15) is 38.5 Å². The highest BCUT2D eigenvalue weighted by Crippen LogP contribution is 2.43. The van der Waals surface area contributed by atoms with Gasteiger partial charge in [0.1, 0.15) is 5.54 Å². The van der Waals surface area contributed by atoms with Gasteiger partial charge in [0.25, 0.3) is 0 Å². The minimum absolute atomic E-state index is 0.0148. The molecule has 3 aliphatic heterocycles. The molecule has 0 unspecified atom stereocenters. The summed E-state index contributed by atoms with van der Waals surface area (Å²) in [6.07, 6.45) is 5.47. The molecule has 3 heterocycles. The van der Waals surface area contributed by atoms with Crippen LogP contribution in [0.2, 0.25) is 0 Å². The Bertz CT molecular complexity index is 578. The summed E-state index contributed by atoms with van der Waals surface area (Å²) in [6, 6.07) is 0.392. The van der Waals surface area contributed by atoms with Crippen molar-refractivity contribution in [2.45, 2.75) is 56.1 Å². The summed E-state index contributed by atoms with van der Waals surface area (Å²) < 4.78 is 23.5. The number of nitrogens with two attached hydrogens (primary N) is 1. The molecule has 0 aliphatic carbocycles. The SMILES string of the molecule is NC(=O)[C@]12CCC[C@H](CC1)N2CCN(CCO)[C@@H]1CCS(=O)(=O)C1. The lowest BCUT2D eigenvalue weighted by atomic mass is 9.87. The maximum atomic E-state index is 12.1. The third kappa shape index (κ3) is 3.34. The molecule has 3 fully saturated rings. The van der Waals surface area contributed by atoms with E-state index in [2.05, 4.69) is 9.80 Å². The number of sulfone groups is 1. The highest BCUT2D eigenvalue weighted by Gasteiger charge is 2.52. The first kappa shape index (κ1) is 18.1. The van der Waals surface area contributed by atoms with Crippen molar-refractivity contribution in [2.75, 3.05) is 37.7 Å². The number of aliphatic hydroxyl groups excluding tert-OH is 1. The van der Waals surface area contributed by atoms with E-state index in [1.807, 2.05) is 0 Å². The summed E-state index contributed by atoms with van der Waals surface area (Å²) in [4.78, 5) is 16.5. The van der Waals surface area contributed by atoms with Crippen LogP contribution >= 0.6 is 0 Å². The predicted molar refractivity (Wildman–Crippen MR) is 91.2 cm³/mol. The fourth-order valence-electron chi connectivity index (χ4n) is 4.94. The van der Waals surface area contributed by atoms with Crippen LogP contribution in [0, 0.1) is 0 Å². The molecular formula is C16H29N3O4S. The smallest absolute Gasteiger partial charge is 0.237 e. The molecule has 0 saturated carbocycles. The van der Waals surface area contributed by atoms with Crippen molar-refractivity contribution in [1.29, 1.82) is 0 Å². The number of fused-ring (bicyclic) bond motifs is 2. The van der Waals surface area contributed by atoms with E-state index in [9.17, 15) is 18.3 Å². The standard InChI is InChI=1S/C16H29N3O4S/c17-15(21)16-5-1-2-13(3-6-16)19(16)8-7-18(9-10-20)14-4-11-24(22,23)12-14/h13-14,20H,1-12H2,(H2,17,21)/t13-,14-,16+/m1/s1. The van der Waals surface area contributed by atoms with E-state index in [0.29, 0.717) is 32.1 Å². The molecule has 2 bridgehead atoms. The van der Waals surface area contributed by atoms with E-state index >= 15 is 0 Å². The third-order valence-corrected chi connectivity index (χ3v) is 7.96. The molecule has 138 valence electrons. The second kappa shape index (κ2) is 6.90. The third-order valence-electron chi connectivity index (χ3n) is 6.21. The normalized spacial score (nSPS) is 35.6. The molecule has 1 amide bonds. The molecule has 3 aliphatic rings. The molecule has 24 heavy (non-hydrogen) atoms. The van der Waals surface area contributed by atoms with Crippen LogP contribution in [0.25, 0.3) is 0 Å². The average Bonchev–Trinajstić information content (AvgIpc) is 2.97. The molecule has 0 aromatic heterocycles. The quantitative estimate of drug-likeness (QED) is 0.625. The fourth-order valence-corrected chi connectivity index (χ4v) is 6.70. The molecule has 0 spiro atoms. The van der Waals surface area contributed by atoms with Gasteiger partial charge in [-0.15, -0.1) is 0 Å². The summed E-state index contributed by atoms with van der Waals surface area (Å²) in [5.41, 5.74) is 5.23. The molecule has 0 aromatic rings. The largest absolute Gasteiger partial charge is 0.395 e. The number of aliphatic hydroxyl groups is 1. The summed E-state index contributed by atoms with van der Waals surface area (Å²) in [7, 11) is -2.95. The highest BCUT2D eigenvalue weighted by atomic mass is 32.2. The van der Waals surface area contributed by atoms with Gasteiger partial charge in [-0.2, -0.15) is 0 Å². The molecule has 3 atom stereocenters. The summed E-state index contributed by atoms with van der Waals surface area (Å²) in [6.45, 7) is 1.87. The maximum Gasteiger partial charge on any atom is 0.237 e. The summed E-state index contributed by atoms with van der Waals surface area (Å²) >= 11 is 0. The van der Waals surface area contributed by atoms with Gasteiger partial charge < -0.3 is 10.8 Å². The van der Waals surface area contributed by atoms with Gasteiger partial charge in [-0.05, 0) is 38.5 Å². The maximum absolute atomic E-state index is 12.1. The Morgan fingerprint density at radius 3 is 2.67 bits per heavy atom. The molecule has 3 saturated heterocycles. The zero-order valence-corrected chi connectivity index (χ0v) is 15.0. The minimum atomic E-state index is -2.95. The Morgan fingerprint density at radius 1 is 1.25 bits per heavy atom. The fraction of sp³-hybridized carbons (Fsp3) is 0.938. The first-order valence-corrected chi connectivity index (χ1v) is 10.8. The monoisotopic (exact) mass is 359 g/mol. The van der Waals surface area contributed by atoms with Crippen molar-refractivity contribution < 1.29 is 18.3 Å². The van der Waals surface area contributed by atoms with Gasteiger partial charge in [-0.1, -0.05) is 0 Å². The van der Waals surface area contributed by atoms with Crippen LogP contribution in [-0.2, 0) is 14.6 Å². The lowest BCUT2D eigenvalue weighted by Crippen LogP contribution is -2.59. The number of hydrogen-bond acceptors (Lipinski definition) is 6. The Kier molecular flexibility index (Phi) is 5.20. The number of amides is 1. The van der Waals surface area contributed by atoms with Crippen molar-refractivity contribution in [3.8, 4) is 0 Å². The van der Waals surface area contributed by atoms with Gasteiger partial charge in [0, 0.05) is 31.7 Å². The molecular weight excluding hydrogens is 330 g/mol. The predicted octanol–water partition coefficient (Wildman–Crippen LogP) is -0.660. The van der Waals surface area contributed by atoms with Crippen LogP contribution in [0.4, 0.5) is 0 Å². The van der Waals surface area contributed by atoms with E-state index in [0.717, 1.165) is 32.1 Å². The Morgan fingerprint density at radius 2 is 2.04 bits per heavy atom. The van der Waals surface area contributed by atoms with Gasteiger partial charge >= 0.3 is 0 Å². The van der Waals surface area contributed by atoms with E-state index < -0.39 is 15.4 Å².